The molecule has 3 heteroatoms. The van der Waals surface area contributed by atoms with E-state index in [1.165, 1.54) is 12.1 Å². The molecular formula is C11H16FNS. The summed E-state index contributed by atoms with van der Waals surface area (Å²) < 4.78 is 12.6. The van der Waals surface area contributed by atoms with Crippen LogP contribution in [0.5, 0.6) is 0 Å². The molecule has 0 aliphatic heterocycles. The fraction of sp³-hybridized carbons (Fsp3) is 0.455. The smallest absolute Gasteiger partial charge is 0.123 e. The van der Waals surface area contributed by atoms with Crippen LogP contribution in [0.4, 0.5) is 4.39 Å². The van der Waals surface area contributed by atoms with Crippen molar-refractivity contribution in [1.82, 2.24) is 5.32 Å². The van der Waals surface area contributed by atoms with E-state index in [1.54, 1.807) is 0 Å². The monoisotopic (exact) mass is 213 g/mol. The van der Waals surface area contributed by atoms with Crippen LogP contribution in [0.15, 0.2) is 24.3 Å². The van der Waals surface area contributed by atoms with Crippen LogP contribution in [-0.2, 0) is 0 Å². The highest BCUT2D eigenvalue weighted by Gasteiger charge is 2.03. The molecule has 1 rings (SSSR count). The second-order valence-electron chi connectivity index (χ2n) is 3.22. The van der Waals surface area contributed by atoms with Gasteiger partial charge in [-0.3, -0.25) is 0 Å². The Hall–Kier alpha value is -0.540. The van der Waals surface area contributed by atoms with Gasteiger partial charge in [-0.25, -0.2) is 4.39 Å². The van der Waals surface area contributed by atoms with E-state index in [9.17, 15) is 4.39 Å². The zero-order valence-corrected chi connectivity index (χ0v) is 9.40. The summed E-state index contributed by atoms with van der Waals surface area (Å²) in [7, 11) is 0. The van der Waals surface area contributed by atoms with Gasteiger partial charge in [-0.1, -0.05) is 12.1 Å². The quantitative estimate of drug-likeness (QED) is 0.755. The second-order valence-corrected chi connectivity index (χ2v) is 4.21. The first kappa shape index (κ1) is 11.5. The second kappa shape index (κ2) is 6.04. The van der Waals surface area contributed by atoms with Crippen LogP contribution in [-0.4, -0.2) is 18.6 Å². The molecule has 1 aromatic carbocycles. The Balaban J connectivity index is 2.43. The van der Waals surface area contributed by atoms with Gasteiger partial charge in [0.15, 0.2) is 0 Å². The molecule has 1 atom stereocenters. The van der Waals surface area contributed by atoms with Crippen molar-refractivity contribution in [2.75, 3.05) is 18.6 Å². The van der Waals surface area contributed by atoms with Crippen molar-refractivity contribution >= 4 is 11.8 Å². The fourth-order valence-electron chi connectivity index (χ4n) is 1.25. The van der Waals surface area contributed by atoms with Crippen LogP contribution < -0.4 is 5.32 Å². The molecule has 0 bridgehead atoms. The van der Waals surface area contributed by atoms with E-state index < -0.39 is 0 Å². The van der Waals surface area contributed by atoms with Gasteiger partial charge in [0, 0.05) is 18.3 Å². The third kappa shape index (κ3) is 3.68. The SMILES string of the molecule is CSCCNC(C)c1ccc(F)cc1. The number of nitrogens with one attached hydrogen (secondary N) is 1. The van der Waals surface area contributed by atoms with E-state index in [1.807, 2.05) is 23.9 Å². The standard InChI is InChI=1S/C11H16FNS/c1-9(13-7-8-14-2)10-3-5-11(12)6-4-10/h3-6,9,13H,7-8H2,1-2H3. The van der Waals surface area contributed by atoms with Gasteiger partial charge in [0.25, 0.3) is 0 Å². The molecule has 1 aromatic rings. The highest BCUT2D eigenvalue weighted by molar-refractivity contribution is 7.98. The Labute approximate surface area is 89.1 Å². The first-order valence-corrected chi connectivity index (χ1v) is 6.11. The van der Waals surface area contributed by atoms with Gasteiger partial charge in [0.05, 0.1) is 0 Å². The normalized spacial score (nSPS) is 12.8. The van der Waals surface area contributed by atoms with Gasteiger partial charge in [0.2, 0.25) is 0 Å². The summed E-state index contributed by atoms with van der Waals surface area (Å²) in [5.41, 5.74) is 1.13. The van der Waals surface area contributed by atoms with Gasteiger partial charge in [0.1, 0.15) is 5.82 Å². The molecule has 0 radical (unpaired) electrons. The summed E-state index contributed by atoms with van der Waals surface area (Å²) >= 11 is 1.82. The van der Waals surface area contributed by atoms with Crippen molar-refractivity contribution in [3.8, 4) is 0 Å². The molecule has 0 saturated heterocycles. The predicted octanol–water partition coefficient (Wildman–Crippen LogP) is 2.84. The Morgan fingerprint density at radius 1 is 1.36 bits per heavy atom. The van der Waals surface area contributed by atoms with E-state index in [2.05, 4.69) is 18.5 Å². The summed E-state index contributed by atoms with van der Waals surface area (Å²) in [6, 6.07) is 6.95. The molecule has 0 fully saturated rings. The van der Waals surface area contributed by atoms with E-state index in [-0.39, 0.29) is 5.82 Å². The Kier molecular flexibility index (Phi) is 4.98. The topological polar surface area (TPSA) is 12.0 Å². The van der Waals surface area contributed by atoms with E-state index in [4.69, 9.17) is 0 Å². The molecule has 0 saturated carbocycles. The molecule has 0 spiro atoms. The number of halogens is 1. The zero-order valence-electron chi connectivity index (χ0n) is 8.59. The Morgan fingerprint density at radius 2 is 2.00 bits per heavy atom. The number of benzene rings is 1. The number of hydrogen-bond donors (Lipinski definition) is 1. The average Bonchev–Trinajstić information content (AvgIpc) is 2.19. The van der Waals surface area contributed by atoms with Crippen LogP contribution in [0.3, 0.4) is 0 Å². The summed E-state index contributed by atoms with van der Waals surface area (Å²) in [4.78, 5) is 0. The minimum Gasteiger partial charge on any atom is -0.309 e. The summed E-state index contributed by atoms with van der Waals surface area (Å²) in [5, 5.41) is 3.38. The molecular weight excluding hydrogens is 197 g/mol. The molecule has 78 valence electrons. The van der Waals surface area contributed by atoms with Crippen LogP contribution >= 0.6 is 11.8 Å². The highest BCUT2D eigenvalue weighted by atomic mass is 32.2. The summed E-state index contributed by atoms with van der Waals surface area (Å²) in [5.74, 6) is 0.927. The summed E-state index contributed by atoms with van der Waals surface area (Å²) in [6.45, 7) is 3.08. The van der Waals surface area contributed by atoms with Crippen molar-refractivity contribution < 1.29 is 4.39 Å². The van der Waals surface area contributed by atoms with Crippen molar-refractivity contribution in [1.29, 1.82) is 0 Å². The predicted molar refractivity (Wildman–Crippen MR) is 61.2 cm³/mol. The minimum absolute atomic E-state index is 0.176. The average molecular weight is 213 g/mol. The molecule has 14 heavy (non-hydrogen) atoms. The minimum atomic E-state index is -0.176. The fourth-order valence-corrected chi connectivity index (χ4v) is 1.57. The Morgan fingerprint density at radius 3 is 2.57 bits per heavy atom. The maximum atomic E-state index is 12.6. The lowest BCUT2D eigenvalue weighted by Gasteiger charge is -2.13. The lowest BCUT2D eigenvalue weighted by molar-refractivity contribution is 0.594. The van der Waals surface area contributed by atoms with Crippen molar-refractivity contribution in [3.63, 3.8) is 0 Å². The van der Waals surface area contributed by atoms with Crippen LogP contribution in [0.25, 0.3) is 0 Å². The molecule has 0 aromatic heterocycles. The molecule has 1 unspecified atom stereocenters. The third-order valence-electron chi connectivity index (χ3n) is 2.13. The number of thioether (sulfide) groups is 1. The lowest BCUT2D eigenvalue weighted by atomic mass is 10.1. The highest BCUT2D eigenvalue weighted by Crippen LogP contribution is 2.12. The van der Waals surface area contributed by atoms with Gasteiger partial charge in [-0.2, -0.15) is 11.8 Å². The molecule has 1 N–H and O–H groups in total. The first-order valence-electron chi connectivity index (χ1n) is 4.72. The lowest BCUT2D eigenvalue weighted by Crippen LogP contribution is -2.21. The maximum absolute atomic E-state index is 12.6. The van der Waals surface area contributed by atoms with Crippen molar-refractivity contribution in [3.05, 3.63) is 35.6 Å². The Bertz CT molecular complexity index is 260. The molecule has 0 aliphatic carbocycles. The summed E-state index contributed by atoms with van der Waals surface area (Å²) in [6.07, 6.45) is 2.09. The van der Waals surface area contributed by atoms with Gasteiger partial charge in [-0.05, 0) is 30.9 Å². The molecule has 1 nitrogen and oxygen atoms in total. The van der Waals surface area contributed by atoms with Crippen LogP contribution in [0, 0.1) is 5.82 Å². The van der Waals surface area contributed by atoms with E-state index >= 15 is 0 Å². The van der Waals surface area contributed by atoms with Crippen molar-refractivity contribution in [2.24, 2.45) is 0 Å². The van der Waals surface area contributed by atoms with E-state index in [0.29, 0.717) is 6.04 Å². The van der Waals surface area contributed by atoms with Gasteiger partial charge < -0.3 is 5.32 Å². The van der Waals surface area contributed by atoms with Crippen LogP contribution in [0.1, 0.15) is 18.5 Å². The zero-order chi connectivity index (χ0) is 10.4. The van der Waals surface area contributed by atoms with Crippen LogP contribution in [0.2, 0.25) is 0 Å². The molecule has 0 aliphatic rings. The van der Waals surface area contributed by atoms with Crippen molar-refractivity contribution in [2.45, 2.75) is 13.0 Å². The number of hydrogen-bond acceptors (Lipinski definition) is 2. The van der Waals surface area contributed by atoms with E-state index in [0.717, 1.165) is 17.9 Å². The first-order chi connectivity index (χ1) is 6.74. The molecule has 0 heterocycles. The van der Waals surface area contributed by atoms with Gasteiger partial charge in [-0.15, -0.1) is 0 Å². The van der Waals surface area contributed by atoms with Gasteiger partial charge >= 0.3 is 0 Å². The largest absolute Gasteiger partial charge is 0.309 e. The third-order valence-corrected chi connectivity index (χ3v) is 2.74. The number of rotatable bonds is 5. The molecule has 0 amide bonds. The maximum Gasteiger partial charge on any atom is 0.123 e.